The summed E-state index contributed by atoms with van der Waals surface area (Å²) in [5, 5.41) is 4.52. The Morgan fingerprint density at radius 1 is 1.00 bits per heavy atom. The van der Waals surface area contributed by atoms with Crippen molar-refractivity contribution in [1.82, 2.24) is 24.1 Å². The molecular weight excluding hydrogens is 382 g/mol. The van der Waals surface area contributed by atoms with Crippen LogP contribution in [0.3, 0.4) is 0 Å². The van der Waals surface area contributed by atoms with E-state index in [1.165, 1.54) is 11.1 Å². The average molecular weight is 410 g/mol. The molecule has 0 amide bonds. The highest BCUT2D eigenvalue weighted by atomic mass is 32.1. The number of benzene rings is 2. The summed E-state index contributed by atoms with van der Waals surface area (Å²) >= 11 is 5.67. The van der Waals surface area contributed by atoms with E-state index in [0.29, 0.717) is 11.4 Å². The third-order valence-electron chi connectivity index (χ3n) is 5.52. The first-order valence-corrected chi connectivity index (χ1v) is 10.3. The van der Waals surface area contributed by atoms with Gasteiger partial charge in [-0.2, -0.15) is 5.10 Å². The van der Waals surface area contributed by atoms with E-state index in [9.17, 15) is 0 Å². The van der Waals surface area contributed by atoms with Crippen LogP contribution in [0.5, 0.6) is 5.75 Å². The minimum atomic E-state index is 0.695. The van der Waals surface area contributed by atoms with E-state index < -0.39 is 0 Å². The summed E-state index contributed by atoms with van der Waals surface area (Å²) in [6.07, 6.45) is 1.78. The summed E-state index contributed by atoms with van der Waals surface area (Å²) in [6, 6.07) is 16.5. The van der Waals surface area contributed by atoms with Gasteiger partial charge in [0.2, 0.25) is 4.77 Å². The standard InChI is InChI=1S/C22H27N5OS/c1-18-6-3-4-7-19(18)15-24-10-12-25(13-11-24)17-27-22(29)26(16-23-27)20-8-5-9-21(14-20)28-2/h3-9,14,16H,10-13,15,17H2,1-2H3. The van der Waals surface area contributed by atoms with E-state index in [4.69, 9.17) is 17.0 Å². The lowest BCUT2D eigenvalue weighted by molar-refractivity contribution is 0.0980. The number of nitrogens with zero attached hydrogens (tertiary/aromatic N) is 5. The Morgan fingerprint density at radius 3 is 2.52 bits per heavy atom. The number of rotatable bonds is 6. The Bertz CT molecular complexity index is 1020. The van der Waals surface area contributed by atoms with Crippen molar-refractivity contribution in [3.63, 3.8) is 0 Å². The number of aryl methyl sites for hydroxylation is 1. The molecule has 152 valence electrons. The maximum absolute atomic E-state index is 5.67. The molecule has 1 aliphatic heterocycles. The van der Waals surface area contributed by atoms with Gasteiger partial charge in [0.05, 0.1) is 19.5 Å². The summed E-state index contributed by atoms with van der Waals surface area (Å²) < 4.78 is 9.83. The number of hydrogen-bond acceptors (Lipinski definition) is 5. The van der Waals surface area contributed by atoms with Gasteiger partial charge in [0.25, 0.3) is 0 Å². The molecule has 7 heteroatoms. The fourth-order valence-electron chi connectivity index (χ4n) is 3.68. The monoisotopic (exact) mass is 409 g/mol. The zero-order valence-corrected chi connectivity index (χ0v) is 17.8. The molecule has 2 aromatic carbocycles. The summed E-state index contributed by atoms with van der Waals surface area (Å²) in [5.74, 6) is 0.807. The molecule has 3 aromatic rings. The molecule has 6 nitrogen and oxygen atoms in total. The molecule has 1 saturated heterocycles. The molecule has 0 unspecified atom stereocenters. The van der Waals surface area contributed by atoms with Crippen LogP contribution < -0.4 is 4.74 Å². The van der Waals surface area contributed by atoms with Crippen molar-refractivity contribution < 1.29 is 4.74 Å². The Balaban J connectivity index is 1.37. The van der Waals surface area contributed by atoms with Crippen molar-refractivity contribution in [2.24, 2.45) is 0 Å². The normalized spacial score (nSPS) is 15.5. The molecule has 1 aliphatic rings. The van der Waals surface area contributed by atoms with Gasteiger partial charge in [-0.3, -0.25) is 14.4 Å². The molecule has 0 N–H and O–H groups in total. The predicted molar refractivity (Wildman–Crippen MR) is 117 cm³/mol. The maximum atomic E-state index is 5.67. The second kappa shape index (κ2) is 8.90. The van der Waals surface area contributed by atoms with Crippen LogP contribution in [0.15, 0.2) is 54.9 Å². The van der Waals surface area contributed by atoms with Crippen LogP contribution in [0.25, 0.3) is 5.69 Å². The molecule has 0 spiro atoms. The van der Waals surface area contributed by atoms with E-state index in [1.807, 2.05) is 33.5 Å². The highest BCUT2D eigenvalue weighted by Gasteiger charge is 2.18. The minimum absolute atomic E-state index is 0.695. The van der Waals surface area contributed by atoms with E-state index >= 15 is 0 Å². The van der Waals surface area contributed by atoms with E-state index in [1.54, 1.807) is 13.4 Å². The van der Waals surface area contributed by atoms with Crippen LogP contribution in [-0.2, 0) is 13.2 Å². The van der Waals surface area contributed by atoms with Gasteiger partial charge >= 0.3 is 0 Å². The molecule has 4 rings (SSSR count). The fourth-order valence-corrected chi connectivity index (χ4v) is 3.94. The van der Waals surface area contributed by atoms with Gasteiger partial charge in [-0.25, -0.2) is 4.68 Å². The first-order chi connectivity index (χ1) is 14.1. The molecule has 0 radical (unpaired) electrons. The first kappa shape index (κ1) is 19.8. The Kier molecular flexibility index (Phi) is 6.08. The largest absolute Gasteiger partial charge is 0.497 e. The second-order valence-corrected chi connectivity index (χ2v) is 7.81. The topological polar surface area (TPSA) is 38.5 Å². The second-order valence-electron chi connectivity index (χ2n) is 7.45. The van der Waals surface area contributed by atoms with Crippen LogP contribution in [-0.4, -0.2) is 57.4 Å². The highest BCUT2D eigenvalue weighted by Crippen LogP contribution is 2.17. The summed E-state index contributed by atoms with van der Waals surface area (Å²) in [6.45, 7) is 8.06. The first-order valence-electron chi connectivity index (χ1n) is 9.92. The molecule has 0 aliphatic carbocycles. The van der Waals surface area contributed by atoms with Gasteiger partial charge in [-0.15, -0.1) is 0 Å². The smallest absolute Gasteiger partial charge is 0.203 e. The van der Waals surface area contributed by atoms with Crippen LogP contribution in [0, 0.1) is 11.7 Å². The number of hydrogen-bond donors (Lipinski definition) is 0. The lowest BCUT2D eigenvalue weighted by atomic mass is 10.1. The maximum Gasteiger partial charge on any atom is 0.203 e. The molecule has 29 heavy (non-hydrogen) atoms. The zero-order valence-electron chi connectivity index (χ0n) is 17.0. The molecule has 0 bridgehead atoms. The zero-order chi connectivity index (χ0) is 20.2. The van der Waals surface area contributed by atoms with Crippen molar-refractivity contribution in [2.45, 2.75) is 20.1 Å². The third-order valence-corrected chi connectivity index (χ3v) is 5.93. The summed E-state index contributed by atoms with van der Waals surface area (Å²) in [7, 11) is 1.67. The van der Waals surface area contributed by atoms with Gasteiger partial charge in [0, 0.05) is 38.8 Å². The number of ether oxygens (including phenoxy) is 1. The minimum Gasteiger partial charge on any atom is -0.497 e. The summed E-state index contributed by atoms with van der Waals surface area (Å²) in [5.41, 5.74) is 3.74. The summed E-state index contributed by atoms with van der Waals surface area (Å²) in [4.78, 5) is 4.93. The van der Waals surface area contributed by atoms with E-state index in [2.05, 4.69) is 46.1 Å². The molecule has 0 atom stereocenters. The van der Waals surface area contributed by atoms with Crippen LogP contribution in [0.2, 0.25) is 0 Å². The molecular formula is C22H27N5OS. The van der Waals surface area contributed by atoms with Crippen molar-refractivity contribution in [3.05, 3.63) is 70.8 Å². The molecule has 0 saturated carbocycles. The van der Waals surface area contributed by atoms with Gasteiger partial charge in [-0.05, 0) is 42.4 Å². The Morgan fingerprint density at radius 2 is 1.76 bits per heavy atom. The van der Waals surface area contributed by atoms with E-state index in [0.717, 1.165) is 44.2 Å². The third kappa shape index (κ3) is 4.58. The quantitative estimate of drug-likeness (QED) is 0.583. The van der Waals surface area contributed by atoms with Crippen LogP contribution in [0.1, 0.15) is 11.1 Å². The average Bonchev–Trinajstić information content (AvgIpc) is 3.11. The van der Waals surface area contributed by atoms with Gasteiger partial charge in [0.1, 0.15) is 12.1 Å². The SMILES string of the molecule is COc1cccc(-n2cnn(CN3CCN(Cc4ccccc4C)CC3)c2=S)c1. The fraction of sp³-hybridized carbons (Fsp3) is 0.364. The van der Waals surface area contributed by atoms with Gasteiger partial charge in [0.15, 0.2) is 0 Å². The number of aromatic nitrogens is 3. The van der Waals surface area contributed by atoms with Gasteiger partial charge in [-0.1, -0.05) is 30.3 Å². The molecule has 1 aromatic heterocycles. The highest BCUT2D eigenvalue weighted by molar-refractivity contribution is 7.71. The molecule has 1 fully saturated rings. The van der Waals surface area contributed by atoms with E-state index in [-0.39, 0.29) is 0 Å². The lowest BCUT2D eigenvalue weighted by Crippen LogP contribution is -2.46. The Labute approximate surface area is 176 Å². The number of piperazine rings is 1. The van der Waals surface area contributed by atoms with Gasteiger partial charge < -0.3 is 4.74 Å². The Hall–Kier alpha value is -2.48. The van der Waals surface area contributed by atoms with Crippen LogP contribution >= 0.6 is 12.2 Å². The predicted octanol–water partition coefficient (Wildman–Crippen LogP) is 3.50. The molecule has 2 heterocycles. The van der Waals surface area contributed by atoms with Crippen molar-refractivity contribution >= 4 is 12.2 Å². The van der Waals surface area contributed by atoms with Crippen molar-refractivity contribution in [2.75, 3.05) is 33.3 Å². The van der Waals surface area contributed by atoms with Crippen LogP contribution in [0.4, 0.5) is 0 Å². The van der Waals surface area contributed by atoms with Crippen molar-refractivity contribution in [1.29, 1.82) is 0 Å². The number of methoxy groups -OCH3 is 1. The van der Waals surface area contributed by atoms with Crippen molar-refractivity contribution in [3.8, 4) is 11.4 Å². The lowest BCUT2D eigenvalue weighted by Gasteiger charge is -2.34.